The minimum atomic E-state index is -4.16. The van der Waals surface area contributed by atoms with Gasteiger partial charge in [-0.15, -0.1) is 0 Å². The van der Waals surface area contributed by atoms with Crippen LogP contribution in [0.15, 0.2) is 70.5 Å². The quantitative estimate of drug-likeness (QED) is 0.185. The van der Waals surface area contributed by atoms with Crippen molar-refractivity contribution in [3.63, 3.8) is 0 Å². The minimum absolute atomic E-state index is 0.107. The van der Waals surface area contributed by atoms with Crippen LogP contribution >= 0.6 is 94.0 Å². The van der Waals surface area contributed by atoms with Crippen molar-refractivity contribution in [3.05, 3.63) is 60.7 Å². The monoisotopic (exact) mass is 690 g/mol. The molecule has 0 saturated heterocycles. The van der Waals surface area contributed by atoms with Gasteiger partial charge in [-0.2, -0.15) is 9.44 Å². The summed E-state index contributed by atoms with van der Waals surface area (Å²) in [7, 11) is -8.32. The zero-order valence-corrected chi connectivity index (χ0v) is 25.3. The lowest BCUT2D eigenvalue weighted by Crippen LogP contribution is -2.60. The van der Waals surface area contributed by atoms with Gasteiger partial charge in [0.2, 0.25) is 27.6 Å². The van der Waals surface area contributed by atoms with Crippen LogP contribution in [0.3, 0.4) is 0 Å². The molecule has 2 aromatic carbocycles. The Bertz CT molecular complexity index is 1190. The van der Waals surface area contributed by atoms with Crippen LogP contribution in [0.2, 0.25) is 0 Å². The van der Waals surface area contributed by atoms with Gasteiger partial charge in [0, 0.05) is 0 Å². The average Bonchev–Trinajstić information content (AvgIpc) is 2.77. The Balaban J connectivity index is 2.20. The Labute approximate surface area is 249 Å². The SMILES string of the molecule is O=S(=O)(NC(NC(=S)C(=S)NC(NS(=O)(=O)c1ccccc1)C(Cl)(Cl)Cl)C(Cl)(Cl)Cl)c1ccccc1. The van der Waals surface area contributed by atoms with Gasteiger partial charge in [-0.25, -0.2) is 16.8 Å². The van der Waals surface area contributed by atoms with E-state index in [9.17, 15) is 16.8 Å². The fourth-order valence-electron chi connectivity index (χ4n) is 2.40. The second-order valence-corrected chi connectivity index (χ2v) is 15.7. The summed E-state index contributed by atoms with van der Waals surface area (Å²) < 4.78 is 50.6. The first-order valence-electron chi connectivity index (χ1n) is 9.33. The molecule has 2 rings (SSSR count). The van der Waals surface area contributed by atoms with Gasteiger partial charge in [0.05, 0.1) is 9.79 Å². The maximum atomic E-state index is 12.7. The van der Waals surface area contributed by atoms with Gasteiger partial charge in [0.25, 0.3) is 0 Å². The van der Waals surface area contributed by atoms with Gasteiger partial charge >= 0.3 is 0 Å². The van der Waals surface area contributed by atoms with E-state index in [1.807, 2.05) is 0 Å². The van der Waals surface area contributed by atoms with E-state index >= 15 is 0 Å². The van der Waals surface area contributed by atoms with Crippen LogP contribution in [0.1, 0.15) is 0 Å². The fourth-order valence-corrected chi connectivity index (χ4v) is 6.19. The molecule has 0 heterocycles. The molecule has 0 aliphatic rings. The van der Waals surface area contributed by atoms with Gasteiger partial charge < -0.3 is 10.6 Å². The highest BCUT2D eigenvalue weighted by atomic mass is 35.6. The fraction of sp³-hybridized carbons (Fsp3) is 0.222. The smallest absolute Gasteiger partial charge is 0.242 e. The molecule has 4 N–H and O–H groups in total. The molecule has 0 bridgehead atoms. The molecule has 18 heteroatoms. The van der Waals surface area contributed by atoms with Crippen molar-refractivity contribution in [2.24, 2.45) is 0 Å². The first-order chi connectivity index (χ1) is 16.4. The molecule has 0 aliphatic carbocycles. The van der Waals surface area contributed by atoms with Crippen molar-refractivity contribution in [1.82, 2.24) is 20.1 Å². The summed E-state index contributed by atoms with van der Waals surface area (Å²) in [5.74, 6) is 0. The van der Waals surface area contributed by atoms with Crippen molar-refractivity contribution >= 4 is 124 Å². The van der Waals surface area contributed by atoms with Gasteiger partial charge in [-0.05, 0) is 24.3 Å². The molecule has 8 nitrogen and oxygen atoms in total. The summed E-state index contributed by atoms with van der Waals surface area (Å²) >= 11 is 46.0. The highest BCUT2D eigenvalue weighted by Crippen LogP contribution is 2.31. The maximum absolute atomic E-state index is 12.7. The number of sulfonamides is 2. The normalized spacial score (nSPS) is 14.5. The van der Waals surface area contributed by atoms with Crippen molar-refractivity contribution in [2.75, 3.05) is 0 Å². The molecule has 198 valence electrons. The van der Waals surface area contributed by atoms with Gasteiger partial charge in [-0.3, -0.25) is 0 Å². The Hall–Kier alpha value is -0.220. The van der Waals surface area contributed by atoms with E-state index in [4.69, 9.17) is 94.0 Å². The molecular formula is C18H16Cl6N4O4S4. The van der Waals surface area contributed by atoms with Crippen molar-refractivity contribution in [3.8, 4) is 0 Å². The number of hydrogen-bond acceptors (Lipinski definition) is 6. The van der Waals surface area contributed by atoms with Crippen LogP contribution in [0.5, 0.6) is 0 Å². The van der Waals surface area contributed by atoms with Crippen molar-refractivity contribution in [2.45, 2.75) is 29.7 Å². The average molecular weight is 693 g/mol. The first-order valence-corrected chi connectivity index (χ1v) is 15.4. The third kappa shape index (κ3) is 9.51. The Morgan fingerprint density at radius 1 is 0.611 bits per heavy atom. The van der Waals surface area contributed by atoms with Gasteiger partial charge in [-0.1, -0.05) is 130 Å². The number of hydrogen-bond donors (Lipinski definition) is 4. The van der Waals surface area contributed by atoms with E-state index in [2.05, 4.69) is 20.1 Å². The third-order valence-corrected chi connectivity index (χ3v) is 9.02. The van der Waals surface area contributed by atoms with Gasteiger partial charge in [0.15, 0.2) is 0 Å². The lowest BCUT2D eigenvalue weighted by atomic mass is 10.4. The lowest BCUT2D eigenvalue weighted by molar-refractivity contribution is 0.531. The molecule has 2 atom stereocenters. The molecule has 0 spiro atoms. The van der Waals surface area contributed by atoms with E-state index in [0.29, 0.717) is 0 Å². The predicted octanol–water partition coefficient (Wildman–Crippen LogP) is 4.17. The van der Waals surface area contributed by atoms with Crippen molar-refractivity contribution < 1.29 is 16.8 Å². The van der Waals surface area contributed by atoms with E-state index in [1.165, 1.54) is 48.5 Å². The zero-order valence-electron chi connectivity index (χ0n) is 17.5. The molecule has 2 aromatic rings. The number of halogens is 6. The number of rotatable bonds is 8. The van der Waals surface area contributed by atoms with Crippen LogP contribution < -0.4 is 20.1 Å². The van der Waals surface area contributed by atoms with E-state index in [-0.39, 0.29) is 19.8 Å². The minimum Gasteiger partial charge on any atom is -0.354 e. The van der Waals surface area contributed by atoms with Crippen LogP contribution in [0.4, 0.5) is 0 Å². The molecule has 36 heavy (non-hydrogen) atoms. The number of benzene rings is 2. The molecular weight excluding hydrogens is 677 g/mol. The molecule has 2 unspecified atom stereocenters. The van der Waals surface area contributed by atoms with Crippen LogP contribution in [-0.4, -0.2) is 46.7 Å². The van der Waals surface area contributed by atoms with Crippen LogP contribution in [-0.2, 0) is 20.0 Å². The second kappa shape index (κ2) is 12.8. The molecule has 0 saturated carbocycles. The topological polar surface area (TPSA) is 116 Å². The molecule has 0 aromatic heterocycles. The number of nitrogens with one attached hydrogen (secondary N) is 4. The Morgan fingerprint density at radius 3 is 1.14 bits per heavy atom. The first kappa shape index (κ1) is 32.0. The molecule has 0 amide bonds. The predicted molar refractivity (Wildman–Crippen MR) is 153 cm³/mol. The second-order valence-electron chi connectivity index (χ2n) is 6.76. The Morgan fingerprint density at radius 2 is 0.889 bits per heavy atom. The molecule has 0 aliphatic heterocycles. The summed E-state index contributed by atoms with van der Waals surface area (Å²) in [6, 6.07) is 14.6. The highest BCUT2D eigenvalue weighted by molar-refractivity contribution is 7.90. The highest BCUT2D eigenvalue weighted by Gasteiger charge is 2.39. The third-order valence-electron chi connectivity index (χ3n) is 4.06. The lowest BCUT2D eigenvalue weighted by Gasteiger charge is -2.30. The maximum Gasteiger partial charge on any atom is 0.242 e. The van der Waals surface area contributed by atoms with E-state index in [0.717, 1.165) is 0 Å². The largest absolute Gasteiger partial charge is 0.354 e. The summed E-state index contributed by atoms with van der Waals surface area (Å²) in [6.07, 6.45) is -3.21. The van der Waals surface area contributed by atoms with Crippen LogP contribution in [0.25, 0.3) is 0 Å². The summed E-state index contributed by atoms with van der Waals surface area (Å²) in [5.41, 5.74) is 0. The van der Waals surface area contributed by atoms with E-state index < -0.39 is 40.0 Å². The summed E-state index contributed by atoms with van der Waals surface area (Å²) in [6.45, 7) is 0. The molecule has 0 fully saturated rings. The number of alkyl halides is 6. The van der Waals surface area contributed by atoms with Crippen molar-refractivity contribution in [1.29, 1.82) is 0 Å². The summed E-state index contributed by atoms with van der Waals surface area (Å²) in [5, 5.41) is 4.94. The molecule has 0 radical (unpaired) electrons. The van der Waals surface area contributed by atoms with E-state index in [1.54, 1.807) is 12.1 Å². The summed E-state index contributed by atoms with van der Waals surface area (Å²) in [4.78, 5) is -0.918. The Kier molecular flexibility index (Phi) is 11.3. The van der Waals surface area contributed by atoms with Gasteiger partial charge in [0.1, 0.15) is 22.3 Å². The standard InChI is InChI=1S/C18H16Cl6N4O4S4/c19-17(20,21)15(27-35(29,30)11-7-3-1-4-8-11)25-13(33)14(34)26-16(18(22,23)24)28-36(31,32)12-9-5-2-6-10-12/h1-10,15-16,27-28H,(H,25,33)(H,26,34). The number of thiocarbonyl (C=S) groups is 2. The zero-order chi connectivity index (χ0) is 27.4. The van der Waals surface area contributed by atoms with Crippen LogP contribution in [0, 0.1) is 0 Å².